The number of aliphatic carboxylic acids is 1. The number of carbonyl (C=O) groups excluding carboxylic acids is 1. The van der Waals surface area contributed by atoms with E-state index in [1.165, 1.54) is 19.3 Å². The van der Waals surface area contributed by atoms with Crippen molar-refractivity contribution in [3.05, 3.63) is 23.9 Å². The van der Waals surface area contributed by atoms with Crippen LogP contribution in [-0.4, -0.2) is 41.1 Å². The topological polar surface area (TPSA) is 82.5 Å². The Kier molecular flexibility index (Phi) is 5.89. The van der Waals surface area contributed by atoms with E-state index >= 15 is 0 Å². The van der Waals surface area contributed by atoms with Gasteiger partial charge in [0.1, 0.15) is 5.82 Å². The van der Waals surface area contributed by atoms with Crippen molar-refractivity contribution in [2.45, 2.75) is 57.4 Å². The molecule has 2 fully saturated rings. The van der Waals surface area contributed by atoms with Crippen molar-refractivity contribution < 1.29 is 14.7 Å². The molecular weight excluding hydrogens is 318 g/mol. The summed E-state index contributed by atoms with van der Waals surface area (Å²) in [6.07, 6.45) is 9.54. The Morgan fingerprint density at radius 2 is 1.96 bits per heavy atom. The Bertz CT molecular complexity index is 596. The first-order chi connectivity index (χ1) is 12.1. The lowest BCUT2D eigenvalue weighted by Crippen LogP contribution is -2.37. The fourth-order valence-electron chi connectivity index (χ4n) is 3.91. The number of carboxylic acid groups (broad SMARTS) is 1. The highest BCUT2D eigenvalue weighted by Gasteiger charge is 2.23. The highest BCUT2D eigenvalue weighted by atomic mass is 16.4. The van der Waals surface area contributed by atoms with Gasteiger partial charge in [-0.2, -0.15) is 0 Å². The summed E-state index contributed by atoms with van der Waals surface area (Å²) < 4.78 is 0. The molecule has 0 spiro atoms. The molecule has 1 amide bonds. The quantitative estimate of drug-likeness (QED) is 0.857. The summed E-state index contributed by atoms with van der Waals surface area (Å²) in [5.74, 6) is 0.203. The molecule has 1 aliphatic heterocycles. The van der Waals surface area contributed by atoms with Gasteiger partial charge in [-0.25, -0.2) is 4.98 Å². The van der Waals surface area contributed by atoms with Gasteiger partial charge >= 0.3 is 5.97 Å². The predicted octanol–water partition coefficient (Wildman–Crippen LogP) is 2.84. The van der Waals surface area contributed by atoms with E-state index in [-0.39, 0.29) is 18.2 Å². The van der Waals surface area contributed by atoms with E-state index in [0.717, 1.165) is 38.0 Å². The van der Waals surface area contributed by atoms with Gasteiger partial charge in [0.15, 0.2) is 0 Å². The Morgan fingerprint density at radius 1 is 1.16 bits per heavy atom. The number of anilines is 1. The average molecular weight is 345 g/mol. The first-order valence-corrected chi connectivity index (χ1v) is 9.35. The standard InChI is InChI=1S/C19H27N3O3/c23-18(24)11-14-5-4-10-22(13-14)17-9-8-15(12-20-17)19(25)21-16-6-2-1-3-7-16/h8-9,12,14,16H,1-7,10-11,13H2,(H,21,25)(H,23,24)/t14-/m0/s1. The van der Waals surface area contributed by atoms with Gasteiger partial charge in [-0.3, -0.25) is 9.59 Å². The highest BCUT2D eigenvalue weighted by Crippen LogP contribution is 2.24. The molecule has 2 aliphatic rings. The van der Waals surface area contributed by atoms with Crippen LogP contribution in [0.1, 0.15) is 61.7 Å². The second-order valence-electron chi connectivity index (χ2n) is 7.27. The number of amides is 1. The number of hydrogen-bond donors (Lipinski definition) is 2. The second-order valence-corrected chi connectivity index (χ2v) is 7.27. The van der Waals surface area contributed by atoms with Gasteiger partial charge in [0.05, 0.1) is 5.56 Å². The van der Waals surface area contributed by atoms with Crippen molar-refractivity contribution in [3.63, 3.8) is 0 Å². The van der Waals surface area contributed by atoms with Crippen LogP contribution < -0.4 is 10.2 Å². The van der Waals surface area contributed by atoms with Gasteiger partial charge < -0.3 is 15.3 Å². The zero-order valence-electron chi connectivity index (χ0n) is 14.6. The summed E-state index contributed by atoms with van der Waals surface area (Å²) in [6.45, 7) is 1.60. The minimum Gasteiger partial charge on any atom is -0.481 e. The molecule has 0 unspecified atom stereocenters. The average Bonchev–Trinajstić information content (AvgIpc) is 2.62. The lowest BCUT2D eigenvalue weighted by molar-refractivity contribution is -0.138. The summed E-state index contributed by atoms with van der Waals surface area (Å²) >= 11 is 0. The molecule has 1 saturated carbocycles. The van der Waals surface area contributed by atoms with Crippen LogP contribution in [0.3, 0.4) is 0 Å². The number of aromatic nitrogens is 1. The van der Waals surface area contributed by atoms with Crippen LogP contribution in [0.2, 0.25) is 0 Å². The number of carboxylic acids is 1. The maximum atomic E-state index is 12.3. The second kappa shape index (κ2) is 8.32. The number of nitrogens with one attached hydrogen (secondary N) is 1. The maximum absolute atomic E-state index is 12.3. The summed E-state index contributed by atoms with van der Waals surface area (Å²) in [4.78, 5) is 29.8. The molecule has 6 nitrogen and oxygen atoms in total. The Morgan fingerprint density at radius 3 is 2.64 bits per heavy atom. The molecule has 6 heteroatoms. The third-order valence-electron chi connectivity index (χ3n) is 5.26. The lowest BCUT2D eigenvalue weighted by Gasteiger charge is -2.33. The fraction of sp³-hybridized carbons (Fsp3) is 0.632. The molecule has 1 aliphatic carbocycles. The molecule has 2 heterocycles. The van der Waals surface area contributed by atoms with E-state index in [9.17, 15) is 9.59 Å². The van der Waals surface area contributed by atoms with Crippen LogP contribution in [-0.2, 0) is 4.79 Å². The molecule has 136 valence electrons. The van der Waals surface area contributed by atoms with Crippen LogP contribution in [0.15, 0.2) is 18.3 Å². The van der Waals surface area contributed by atoms with Gasteiger partial charge in [0.25, 0.3) is 5.91 Å². The molecule has 1 atom stereocenters. The summed E-state index contributed by atoms with van der Waals surface area (Å²) in [5, 5.41) is 12.1. The molecule has 0 bridgehead atoms. The fourth-order valence-corrected chi connectivity index (χ4v) is 3.91. The van der Waals surface area contributed by atoms with Crippen molar-refractivity contribution in [1.82, 2.24) is 10.3 Å². The number of rotatable bonds is 5. The van der Waals surface area contributed by atoms with E-state index in [1.807, 2.05) is 12.1 Å². The lowest BCUT2D eigenvalue weighted by atomic mass is 9.95. The maximum Gasteiger partial charge on any atom is 0.303 e. The molecular formula is C19H27N3O3. The minimum absolute atomic E-state index is 0.0478. The highest BCUT2D eigenvalue weighted by molar-refractivity contribution is 5.94. The van der Waals surface area contributed by atoms with Crippen molar-refractivity contribution >= 4 is 17.7 Å². The van der Waals surface area contributed by atoms with E-state index in [4.69, 9.17) is 5.11 Å². The van der Waals surface area contributed by atoms with Crippen LogP contribution >= 0.6 is 0 Å². The molecule has 1 saturated heterocycles. The van der Waals surface area contributed by atoms with Gasteiger partial charge in [0.2, 0.25) is 0 Å². The zero-order chi connectivity index (χ0) is 17.6. The van der Waals surface area contributed by atoms with Gasteiger partial charge in [-0.1, -0.05) is 19.3 Å². The number of carbonyl (C=O) groups is 2. The van der Waals surface area contributed by atoms with Gasteiger partial charge in [0, 0.05) is 31.7 Å². The number of hydrogen-bond acceptors (Lipinski definition) is 4. The molecule has 25 heavy (non-hydrogen) atoms. The molecule has 0 aromatic carbocycles. The molecule has 0 radical (unpaired) electrons. The van der Waals surface area contributed by atoms with E-state index < -0.39 is 5.97 Å². The van der Waals surface area contributed by atoms with Crippen molar-refractivity contribution in [1.29, 1.82) is 0 Å². The molecule has 2 N–H and O–H groups in total. The van der Waals surface area contributed by atoms with Crippen LogP contribution in [0.25, 0.3) is 0 Å². The van der Waals surface area contributed by atoms with Crippen molar-refractivity contribution in [2.75, 3.05) is 18.0 Å². The molecule has 1 aromatic heterocycles. The Balaban J connectivity index is 1.57. The largest absolute Gasteiger partial charge is 0.481 e. The van der Waals surface area contributed by atoms with Crippen LogP contribution in [0, 0.1) is 5.92 Å². The number of pyridine rings is 1. The van der Waals surface area contributed by atoms with Crippen LogP contribution in [0.5, 0.6) is 0 Å². The Labute approximate surface area is 148 Å². The summed E-state index contributed by atoms with van der Waals surface area (Å²) in [7, 11) is 0. The van der Waals surface area contributed by atoms with Crippen LogP contribution in [0.4, 0.5) is 5.82 Å². The molecule has 3 rings (SSSR count). The van der Waals surface area contributed by atoms with Crippen molar-refractivity contribution in [2.24, 2.45) is 5.92 Å². The monoisotopic (exact) mass is 345 g/mol. The first-order valence-electron chi connectivity index (χ1n) is 9.35. The van der Waals surface area contributed by atoms with E-state index in [2.05, 4.69) is 15.2 Å². The predicted molar refractivity (Wildman–Crippen MR) is 95.8 cm³/mol. The minimum atomic E-state index is -0.741. The number of nitrogens with zero attached hydrogens (tertiary/aromatic N) is 2. The first kappa shape index (κ1) is 17.7. The molecule has 1 aromatic rings. The third-order valence-corrected chi connectivity index (χ3v) is 5.26. The number of piperidine rings is 1. The summed E-state index contributed by atoms with van der Waals surface area (Å²) in [5.41, 5.74) is 0.591. The Hall–Kier alpha value is -2.11. The SMILES string of the molecule is O=C(O)C[C@@H]1CCCN(c2ccc(C(=O)NC3CCCCC3)cn2)C1. The van der Waals surface area contributed by atoms with E-state index in [1.54, 1.807) is 6.20 Å². The van der Waals surface area contributed by atoms with Gasteiger partial charge in [-0.15, -0.1) is 0 Å². The smallest absolute Gasteiger partial charge is 0.303 e. The normalized spacial score (nSPS) is 21.8. The summed E-state index contributed by atoms with van der Waals surface area (Å²) in [6, 6.07) is 3.99. The third kappa shape index (κ3) is 4.94. The zero-order valence-corrected chi connectivity index (χ0v) is 14.6. The van der Waals surface area contributed by atoms with E-state index in [0.29, 0.717) is 18.2 Å². The van der Waals surface area contributed by atoms with Crippen molar-refractivity contribution in [3.8, 4) is 0 Å². The van der Waals surface area contributed by atoms with Gasteiger partial charge in [-0.05, 0) is 43.7 Å².